The summed E-state index contributed by atoms with van der Waals surface area (Å²) in [6.45, 7) is 9.94. The Morgan fingerprint density at radius 2 is 1.85 bits per heavy atom. The Morgan fingerprint density at radius 3 is 2.55 bits per heavy atom. The SMILES string of the molecule is Cc1ccc(C(=O)CCN2CCCC(C)(C)CC2)cc1. The molecule has 1 aromatic carbocycles. The molecular formula is C18H27NO. The number of likely N-dealkylation sites (tertiary alicyclic amines) is 1. The van der Waals surface area contributed by atoms with Crippen LogP contribution in [-0.2, 0) is 0 Å². The molecule has 1 fully saturated rings. The second-order valence-corrected chi connectivity index (χ2v) is 6.90. The van der Waals surface area contributed by atoms with E-state index in [0.717, 1.165) is 25.2 Å². The van der Waals surface area contributed by atoms with Gasteiger partial charge in [-0.3, -0.25) is 4.79 Å². The van der Waals surface area contributed by atoms with Gasteiger partial charge >= 0.3 is 0 Å². The van der Waals surface area contributed by atoms with E-state index in [1.54, 1.807) is 0 Å². The number of hydrogen-bond donors (Lipinski definition) is 0. The summed E-state index contributed by atoms with van der Waals surface area (Å²) >= 11 is 0. The maximum atomic E-state index is 12.2. The quantitative estimate of drug-likeness (QED) is 0.770. The smallest absolute Gasteiger partial charge is 0.164 e. The van der Waals surface area contributed by atoms with Gasteiger partial charge in [-0.05, 0) is 44.7 Å². The van der Waals surface area contributed by atoms with E-state index >= 15 is 0 Å². The first kappa shape index (κ1) is 15.2. The van der Waals surface area contributed by atoms with Crippen molar-refractivity contribution in [2.75, 3.05) is 19.6 Å². The highest BCUT2D eigenvalue weighted by Crippen LogP contribution is 2.29. The molecule has 1 heterocycles. The first-order chi connectivity index (χ1) is 9.46. The minimum atomic E-state index is 0.272. The lowest BCUT2D eigenvalue weighted by atomic mass is 9.85. The predicted molar refractivity (Wildman–Crippen MR) is 84.2 cm³/mol. The third-order valence-electron chi connectivity index (χ3n) is 4.46. The van der Waals surface area contributed by atoms with Gasteiger partial charge in [-0.1, -0.05) is 43.7 Å². The van der Waals surface area contributed by atoms with Gasteiger partial charge in [0.15, 0.2) is 5.78 Å². The molecule has 2 rings (SSSR count). The fourth-order valence-corrected chi connectivity index (χ4v) is 2.85. The normalized spacial score (nSPS) is 19.6. The zero-order chi connectivity index (χ0) is 14.6. The van der Waals surface area contributed by atoms with Crippen molar-refractivity contribution in [1.29, 1.82) is 0 Å². The van der Waals surface area contributed by atoms with E-state index in [1.165, 1.54) is 24.8 Å². The summed E-state index contributed by atoms with van der Waals surface area (Å²) in [5.41, 5.74) is 2.53. The van der Waals surface area contributed by atoms with Gasteiger partial charge in [0.1, 0.15) is 0 Å². The van der Waals surface area contributed by atoms with Crippen molar-refractivity contribution >= 4 is 5.78 Å². The lowest BCUT2D eigenvalue weighted by molar-refractivity contribution is 0.0964. The largest absolute Gasteiger partial charge is 0.303 e. The molecular weight excluding hydrogens is 246 g/mol. The molecule has 0 amide bonds. The van der Waals surface area contributed by atoms with Crippen LogP contribution >= 0.6 is 0 Å². The highest BCUT2D eigenvalue weighted by molar-refractivity contribution is 5.96. The first-order valence-electron chi connectivity index (χ1n) is 7.78. The van der Waals surface area contributed by atoms with Crippen molar-refractivity contribution in [3.8, 4) is 0 Å². The molecule has 0 bridgehead atoms. The van der Waals surface area contributed by atoms with Crippen molar-refractivity contribution in [2.45, 2.75) is 46.5 Å². The van der Waals surface area contributed by atoms with Crippen LogP contribution in [-0.4, -0.2) is 30.3 Å². The third-order valence-corrected chi connectivity index (χ3v) is 4.46. The molecule has 0 N–H and O–H groups in total. The third kappa shape index (κ3) is 4.45. The molecule has 0 atom stereocenters. The molecule has 0 saturated carbocycles. The summed E-state index contributed by atoms with van der Waals surface area (Å²) in [6, 6.07) is 7.93. The number of carbonyl (C=O) groups excluding carboxylic acids is 1. The van der Waals surface area contributed by atoms with Crippen LogP contribution in [0.2, 0.25) is 0 Å². The number of ketones is 1. The molecule has 1 saturated heterocycles. The lowest BCUT2D eigenvalue weighted by Gasteiger charge is -2.23. The van der Waals surface area contributed by atoms with Crippen LogP contribution in [0.3, 0.4) is 0 Å². The molecule has 0 spiro atoms. The second kappa shape index (κ2) is 6.53. The van der Waals surface area contributed by atoms with E-state index in [-0.39, 0.29) is 5.78 Å². The van der Waals surface area contributed by atoms with E-state index in [9.17, 15) is 4.79 Å². The summed E-state index contributed by atoms with van der Waals surface area (Å²) in [7, 11) is 0. The van der Waals surface area contributed by atoms with Crippen molar-refractivity contribution in [3.63, 3.8) is 0 Å². The molecule has 2 nitrogen and oxygen atoms in total. The van der Waals surface area contributed by atoms with Gasteiger partial charge in [0.05, 0.1) is 0 Å². The Bertz CT molecular complexity index is 447. The van der Waals surface area contributed by atoms with E-state index in [0.29, 0.717) is 11.8 Å². The van der Waals surface area contributed by atoms with Crippen LogP contribution in [0.25, 0.3) is 0 Å². The van der Waals surface area contributed by atoms with E-state index in [1.807, 2.05) is 31.2 Å². The molecule has 1 aromatic rings. The second-order valence-electron chi connectivity index (χ2n) is 6.90. The highest BCUT2D eigenvalue weighted by atomic mass is 16.1. The number of rotatable bonds is 4. The summed E-state index contributed by atoms with van der Waals surface area (Å²) in [4.78, 5) is 14.6. The van der Waals surface area contributed by atoms with Gasteiger partial charge in [-0.15, -0.1) is 0 Å². The van der Waals surface area contributed by atoms with Crippen LogP contribution in [0.1, 0.15) is 55.5 Å². The van der Waals surface area contributed by atoms with Crippen molar-refractivity contribution in [1.82, 2.24) is 4.90 Å². The number of Topliss-reactive ketones (excluding diaryl/α,β-unsaturated/α-hetero) is 1. The molecule has 1 aliphatic rings. The Kier molecular flexibility index (Phi) is 4.98. The lowest BCUT2D eigenvalue weighted by Crippen LogP contribution is -2.28. The Labute approximate surface area is 123 Å². The van der Waals surface area contributed by atoms with Gasteiger partial charge in [-0.25, -0.2) is 0 Å². The molecule has 0 aliphatic carbocycles. The molecule has 0 unspecified atom stereocenters. The Morgan fingerprint density at radius 1 is 1.15 bits per heavy atom. The van der Waals surface area contributed by atoms with Crippen molar-refractivity contribution < 1.29 is 4.79 Å². The number of aryl methyl sites for hydroxylation is 1. The maximum Gasteiger partial charge on any atom is 0.164 e. The number of benzene rings is 1. The van der Waals surface area contributed by atoms with Crippen LogP contribution < -0.4 is 0 Å². The van der Waals surface area contributed by atoms with E-state index in [2.05, 4.69) is 18.7 Å². The Balaban J connectivity index is 1.83. The number of nitrogens with zero attached hydrogens (tertiary/aromatic N) is 1. The summed E-state index contributed by atoms with van der Waals surface area (Å²) in [5, 5.41) is 0. The summed E-state index contributed by atoms with van der Waals surface area (Å²) < 4.78 is 0. The predicted octanol–water partition coefficient (Wildman–Crippen LogP) is 4.08. The van der Waals surface area contributed by atoms with Crippen molar-refractivity contribution in [3.05, 3.63) is 35.4 Å². The number of hydrogen-bond acceptors (Lipinski definition) is 2. The average Bonchev–Trinajstić information content (AvgIpc) is 2.58. The summed E-state index contributed by atoms with van der Waals surface area (Å²) in [6.07, 6.45) is 4.44. The topological polar surface area (TPSA) is 20.3 Å². The van der Waals surface area contributed by atoms with Crippen LogP contribution in [0.5, 0.6) is 0 Å². The van der Waals surface area contributed by atoms with Crippen LogP contribution in [0, 0.1) is 12.3 Å². The maximum absolute atomic E-state index is 12.2. The first-order valence-corrected chi connectivity index (χ1v) is 7.78. The van der Waals surface area contributed by atoms with Gasteiger partial charge in [0.2, 0.25) is 0 Å². The fourth-order valence-electron chi connectivity index (χ4n) is 2.85. The standard InChI is InChI=1S/C18H27NO/c1-15-5-7-16(8-6-15)17(20)9-13-19-12-4-10-18(2,3)11-14-19/h5-8H,4,9-14H2,1-3H3. The molecule has 1 aliphatic heterocycles. The molecule has 2 heteroatoms. The zero-order valence-electron chi connectivity index (χ0n) is 13.1. The zero-order valence-corrected chi connectivity index (χ0v) is 13.1. The van der Waals surface area contributed by atoms with E-state index in [4.69, 9.17) is 0 Å². The van der Waals surface area contributed by atoms with Gasteiger partial charge in [0.25, 0.3) is 0 Å². The molecule has 0 aromatic heterocycles. The molecule has 20 heavy (non-hydrogen) atoms. The monoisotopic (exact) mass is 273 g/mol. The van der Waals surface area contributed by atoms with Crippen LogP contribution in [0.4, 0.5) is 0 Å². The van der Waals surface area contributed by atoms with Gasteiger partial charge < -0.3 is 4.90 Å². The van der Waals surface area contributed by atoms with Crippen LogP contribution in [0.15, 0.2) is 24.3 Å². The highest BCUT2D eigenvalue weighted by Gasteiger charge is 2.23. The average molecular weight is 273 g/mol. The number of carbonyl (C=O) groups is 1. The molecule has 0 radical (unpaired) electrons. The Hall–Kier alpha value is -1.15. The molecule has 110 valence electrons. The minimum Gasteiger partial charge on any atom is -0.303 e. The minimum absolute atomic E-state index is 0.272. The van der Waals surface area contributed by atoms with Gasteiger partial charge in [0, 0.05) is 18.5 Å². The van der Waals surface area contributed by atoms with E-state index < -0.39 is 0 Å². The fraction of sp³-hybridized carbons (Fsp3) is 0.611. The van der Waals surface area contributed by atoms with Gasteiger partial charge in [-0.2, -0.15) is 0 Å². The van der Waals surface area contributed by atoms with Crippen molar-refractivity contribution in [2.24, 2.45) is 5.41 Å². The summed E-state index contributed by atoms with van der Waals surface area (Å²) in [5.74, 6) is 0.272.